The van der Waals surface area contributed by atoms with E-state index in [1.807, 2.05) is 67.6 Å². The summed E-state index contributed by atoms with van der Waals surface area (Å²) in [5, 5.41) is 12.9. The number of benzene rings is 3. The van der Waals surface area contributed by atoms with Crippen LogP contribution in [0.1, 0.15) is 16.7 Å². The van der Waals surface area contributed by atoms with E-state index in [0.717, 1.165) is 29.6 Å². The molecular weight excluding hydrogens is 638 g/mol. The number of anilines is 1. The Labute approximate surface area is 213 Å². The van der Waals surface area contributed by atoms with Crippen molar-refractivity contribution in [3.05, 3.63) is 95.1 Å². The summed E-state index contributed by atoms with van der Waals surface area (Å²) in [4.78, 5) is 12.5. The third-order valence-electron chi connectivity index (χ3n) is 4.27. The lowest BCUT2D eigenvalue weighted by Crippen LogP contribution is -2.13. The molecule has 7 heteroatoms. The summed E-state index contributed by atoms with van der Waals surface area (Å²) in [7, 11) is 0. The van der Waals surface area contributed by atoms with Crippen molar-refractivity contribution in [1.82, 2.24) is 0 Å². The van der Waals surface area contributed by atoms with Gasteiger partial charge in [-0.3, -0.25) is 4.79 Å². The molecule has 1 N–H and O–H groups in total. The van der Waals surface area contributed by atoms with Crippen LogP contribution in [0.25, 0.3) is 6.08 Å². The number of amides is 1. The number of nitrogens with zero attached hydrogens (tertiary/aromatic N) is 1. The Morgan fingerprint density at radius 3 is 2.42 bits per heavy atom. The molecule has 156 valence electrons. The molecule has 0 spiro atoms. The highest BCUT2D eigenvalue weighted by atomic mass is 127. The molecular formula is C24H17ClI2N2O2. The molecule has 0 aliphatic rings. The van der Waals surface area contributed by atoms with Crippen molar-refractivity contribution in [3.8, 4) is 11.8 Å². The van der Waals surface area contributed by atoms with Gasteiger partial charge in [-0.05, 0) is 111 Å². The van der Waals surface area contributed by atoms with E-state index in [1.54, 1.807) is 12.1 Å². The van der Waals surface area contributed by atoms with Crippen LogP contribution >= 0.6 is 56.8 Å². The summed E-state index contributed by atoms with van der Waals surface area (Å²) in [6.07, 6.45) is 1.58. The molecule has 1 amide bonds. The Kier molecular flexibility index (Phi) is 8.35. The van der Waals surface area contributed by atoms with E-state index >= 15 is 0 Å². The van der Waals surface area contributed by atoms with Crippen LogP contribution in [0.2, 0.25) is 5.02 Å². The fourth-order valence-electron chi connectivity index (χ4n) is 2.77. The Morgan fingerprint density at radius 2 is 1.81 bits per heavy atom. The molecule has 0 saturated heterocycles. The Morgan fingerprint density at radius 1 is 1.13 bits per heavy atom. The van der Waals surface area contributed by atoms with Gasteiger partial charge in [0.15, 0.2) is 0 Å². The zero-order valence-corrected chi connectivity index (χ0v) is 21.5. The van der Waals surface area contributed by atoms with Crippen LogP contribution in [0, 0.1) is 25.4 Å². The first-order valence-corrected chi connectivity index (χ1v) is 11.8. The fraction of sp³-hybridized carbons (Fsp3) is 0.0833. The van der Waals surface area contributed by atoms with Gasteiger partial charge in [-0.25, -0.2) is 0 Å². The Hall–Kier alpha value is -2.09. The van der Waals surface area contributed by atoms with E-state index in [1.165, 1.54) is 0 Å². The van der Waals surface area contributed by atoms with Gasteiger partial charge < -0.3 is 10.1 Å². The van der Waals surface area contributed by atoms with Gasteiger partial charge in [-0.2, -0.15) is 5.26 Å². The zero-order chi connectivity index (χ0) is 22.4. The maximum Gasteiger partial charge on any atom is 0.266 e. The van der Waals surface area contributed by atoms with E-state index in [9.17, 15) is 10.1 Å². The molecule has 0 aromatic heterocycles. The quantitative estimate of drug-likeness (QED) is 0.177. The maximum absolute atomic E-state index is 12.5. The van der Waals surface area contributed by atoms with E-state index in [2.05, 4.69) is 50.5 Å². The lowest BCUT2D eigenvalue weighted by Gasteiger charge is -2.12. The lowest BCUT2D eigenvalue weighted by atomic mass is 10.1. The van der Waals surface area contributed by atoms with E-state index in [4.69, 9.17) is 16.3 Å². The van der Waals surface area contributed by atoms with Crippen molar-refractivity contribution < 1.29 is 9.53 Å². The number of aryl methyl sites for hydroxylation is 1. The van der Waals surface area contributed by atoms with Gasteiger partial charge in [0.25, 0.3) is 5.91 Å². The summed E-state index contributed by atoms with van der Waals surface area (Å²) >= 11 is 10.3. The molecule has 0 atom stereocenters. The molecule has 3 rings (SSSR count). The van der Waals surface area contributed by atoms with Crippen LogP contribution in [0.5, 0.6) is 5.75 Å². The summed E-state index contributed by atoms with van der Waals surface area (Å²) in [5.74, 6) is 0.317. The molecule has 0 saturated carbocycles. The monoisotopic (exact) mass is 654 g/mol. The molecule has 4 nitrogen and oxygen atoms in total. The summed E-state index contributed by atoms with van der Waals surface area (Å²) in [6.45, 7) is 2.36. The standard InChI is InChI=1S/C24H17ClI2N2O2/c1-15-3-2-4-20(9-15)29-24(30)18(13-28)10-17-11-21(26)23(22(27)12-17)31-14-16-5-7-19(25)8-6-16/h2-12H,14H2,1H3,(H,29,30)/b18-10-. The average Bonchev–Trinajstić information content (AvgIpc) is 2.72. The van der Waals surface area contributed by atoms with Crippen molar-refractivity contribution in [2.45, 2.75) is 13.5 Å². The van der Waals surface area contributed by atoms with Crippen LogP contribution in [-0.4, -0.2) is 5.91 Å². The predicted octanol–water partition coefficient (Wildman–Crippen LogP) is 6.98. The van der Waals surface area contributed by atoms with Crippen molar-refractivity contribution >= 4 is 74.5 Å². The first-order chi connectivity index (χ1) is 14.9. The Bertz CT molecular complexity index is 1160. The summed E-state index contributed by atoms with van der Waals surface area (Å²) in [5.41, 5.74) is 3.48. The molecule has 0 fully saturated rings. The number of carbonyl (C=O) groups excluding carboxylic acids is 1. The van der Waals surface area contributed by atoms with Crippen LogP contribution in [0.4, 0.5) is 5.69 Å². The molecule has 3 aromatic carbocycles. The van der Waals surface area contributed by atoms with Crippen LogP contribution in [-0.2, 0) is 11.4 Å². The number of rotatable bonds is 6. The number of halogens is 3. The van der Waals surface area contributed by atoms with Gasteiger partial charge >= 0.3 is 0 Å². The first kappa shape index (κ1) is 23.6. The molecule has 0 aliphatic heterocycles. The topological polar surface area (TPSA) is 62.1 Å². The minimum atomic E-state index is -0.443. The molecule has 0 aliphatic carbocycles. The predicted molar refractivity (Wildman–Crippen MR) is 141 cm³/mol. The van der Waals surface area contributed by atoms with Crippen molar-refractivity contribution in [2.24, 2.45) is 0 Å². The van der Waals surface area contributed by atoms with Gasteiger partial charge in [-0.15, -0.1) is 0 Å². The Balaban J connectivity index is 1.76. The van der Waals surface area contributed by atoms with Crippen LogP contribution in [0.15, 0.2) is 66.2 Å². The zero-order valence-electron chi connectivity index (χ0n) is 16.5. The van der Waals surface area contributed by atoms with Gasteiger partial charge in [0.2, 0.25) is 0 Å². The number of hydrogen-bond donors (Lipinski definition) is 1. The van der Waals surface area contributed by atoms with Crippen molar-refractivity contribution in [1.29, 1.82) is 5.26 Å². The number of hydrogen-bond acceptors (Lipinski definition) is 3. The smallest absolute Gasteiger partial charge is 0.266 e. The molecule has 0 bridgehead atoms. The minimum absolute atomic E-state index is 0.0305. The SMILES string of the molecule is Cc1cccc(NC(=O)/C(C#N)=C\c2cc(I)c(OCc3ccc(Cl)cc3)c(I)c2)c1. The van der Waals surface area contributed by atoms with Gasteiger partial charge in [0.1, 0.15) is 24.0 Å². The lowest BCUT2D eigenvalue weighted by molar-refractivity contribution is -0.112. The second-order valence-electron chi connectivity index (χ2n) is 6.72. The van der Waals surface area contributed by atoms with E-state index in [-0.39, 0.29) is 5.57 Å². The van der Waals surface area contributed by atoms with Gasteiger partial charge in [-0.1, -0.05) is 35.9 Å². The highest BCUT2D eigenvalue weighted by molar-refractivity contribution is 14.1. The fourth-order valence-corrected chi connectivity index (χ4v) is 5.03. The first-order valence-electron chi connectivity index (χ1n) is 9.22. The van der Waals surface area contributed by atoms with Crippen molar-refractivity contribution in [3.63, 3.8) is 0 Å². The second kappa shape index (κ2) is 11.0. The van der Waals surface area contributed by atoms with Crippen LogP contribution in [0.3, 0.4) is 0 Å². The van der Waals surface area contributed by atoms with Gasteiger partial charge in [0.05, 0.1) is 7.14 Å². The van der Waals surface area contributed by atoms with E-state index < -0.39 is 5.91 Å². The second-order valence-corrected chi connectivity index (χ2v) is 9.48. The molecule has 0 heterocycles. The number of carbonyl (C=O) groups is 1. The third kappa shape index (κ3) is 6.69. The highest BCUT2D eigenvalue weighted by Crippen LogP contribution is 2.30. The molecule has 3 aromatic rings. The van der Waals surface area contributed by atoms with Crippen molar-refractivity contribution in [2.75, 3.05) is 5.32 Å². The summed E-state index contributed by atoms with van der Waals surface area (Å²) in [6, 6.07) is 20.7. The molecule has 0 unspecified atom stereocenters. The highest BCUT2D eigenvalue weighted by Gasteiger charge is 2.13. The maximum atomic E-state index is 12.5. The largest absolute Gasteiger partial charge is 0.487 e. The summed E-state index contributed by atoms with van der Waals surface area (Å²) < 4.78 is 7.77. The normalized spacial score (nSPS) is 11.0. The van der Waals surface area contributed by atoms with Crippen LogP contribution < -0.4 is 10.1 Å². The minimum Gasteiger partial charge on any atom is -0.487 e. The molecule has 0 radical (unpaired) electrons. The average molecular weight is 655 g/mol. The third-order valence-corrected chi connectivity index (χ3v) is 6.12. The van der Waals surface area contributed by atoms with Gasteiger partial charge in [0, 0.05) is 10.7 Å². The molecule has 31 heavy (non-hydrogen) atoms. The van der Waals surface area contributed by atoms with E-state index in [0.29, 0.717) is 17.3 Å². The number of nitrogens with one attached hydrogen (secondary N) is 1. The number of nitriles is 1. The number of ether oxygens (including phenoxy) is 1.